The van der Waals surface area contributed by atoms with Crippen LogP contribution >= 0.6 is 11.6 Å². The second-order valence-electron chi connectivity index (χ2n) is 4.31. The highest BCUT2D eigenvalue weighted by atomic mass is 35.5. The molecular weight excluding hydrogens is 254 g/mol. The van der Waals surface area contributed by atoms with E-state index in [9.17, 15) is 4.79 Å². The van der Waals surface area contributed by atoms with Gasteiger partial charge in [0.05, 0.1) is 12.1 Å². The van der Waals surface area contributed by atoms with Crippen LogP contribution in [-0.2, 0) is 4.79 Å². The van der Waals surface area contributed by atoms with Crippen LogP contribution < -0.4 is 10.1 Å². The zero-order valence-corrected chi connectivity index (χ0v) is 11.0. The molecule has 0 bridgehead atoms. The van der Waals surface area contributed by atoms with Gasteiger partial charge in [-0.15, -0.1) is 0 Å². The minimum absolute atomic E-state index is 0.0743. The lowest BCUT2D eigenvalue weighted by Gasteiger charge is -2.08. The average Bonchev–Trinajstić information content (AvgIpc) is 3.06. The molecule has 0 saturated heterocycles. The second-order valence-corrected chi connectivity index (χ2v) is 4.72. The third kappa shape index (κ3) is 3.20. The number of carbonyl (C=O) groups excluding carboxylic acids is 1. The van der Waals surface area contributed by atoms with Crippen molar-refractivity contribution in [1.82, 2.24) is 0 Å². The van der Waals surface area contributed by atoms with Crippen LogP contribution in [0, 0.1) is 0 Å². The van der Waals surface area contributed by atoms with E-state index in [1.807, 2.05) is 6.92 Å². The van der Waals surface area contributed by atoms with Crippen LogP contribution in [0.3, 0.4) is 0 Å². The maximum Gasteiger partial charge on any atom is 0.224 e. The van der Waals surface area contributed by atoms with Crippen molar-refractivity contribution in [2.45, 2.75) is 25.4 Å². The molecule has 96 valence electrons. The number of nitrogens with one attached hydrogen (secondary N) is 1. The minimum atomic E-state index is -0.338. The second kappa shape index (κ2) is 4.94. The molecule has 0 spiro atoms. The predicted molar refractivity (Wildman–Crippen MR) is 69.1 cm³/mol. The van der Waals surface area contributed by atoms with E-state index in [1.54, 1.807) is 25.3 Å². The third-order valence-electron chi connectivity index (χ3n) is 2.70. The molecule has 1 aliphatic heterocycles. The number of hydrogen-bond acceptors (Lipinski definition) is 4. The lowest BCUT2D eigenvalue weighted by Crippen LogP contribution is -2.15. The molecule has 0 radical (unpaired) electrons. The Balaban J connectivity index is 1.88. The number of methoxy groups -OCH3 is 1. The first-order chi connectivity index (χ1) is 8.52. The monoisotopic (exact) mass is 267 g/mol. The Morgan fingerprint density at radius 3 is 2.78 bits per heavy atom. The molecule has 0 unspecified atom stereocenters. The van der Waals surface area contributed by atoms with Crippen LogP contribution in [0.15, 0.2) is 28.4 Å². The Morgan fingerprint density at radius 2 is 2.22 bits per heavy atom. The fraction of sp³-hybridized carbons (Fsp3) is 0.417. The molecule has 2 rings (SSSR count). The smallest absolute Gasteiger partial charge is 0.224 e. The zero-order chi connectivity index (χ0) is 13.2. The summed E-state index contributed by atoms with van der Waals surface area (Å²) in [5.74, 6) is 0.507. The van der Waals surface area contributed by atoms with Crippen molar-refractivity contribution < 1.29 is 9.53 Å². The molecule has 6 heteroatoms. The van der Waals surface area contributed by atoms with Gasteiger partial charge in [0.1, 0.15) is 5.75 Å². The van der Waals surface area contributed by atoms with E-state index in [1.165, 1.54) is 0 Å². The molecule has 1 heterocycles. The molecule has 1 aromatic rings. The Bertz CT molecular complexity index is 496. The molecule has 1 aromatic carbocycles. The van der Waals surface area contributed by atoms with Gasteiger partial charge in [-0.25, -0.2) is 0 Å². The summed E-state index contributed by atoms with van der Waals surface area (Å²) in [6, 6.07) is 5.12. The van der Waals surface area contributed by atoms with Gasteiger partial charge < -0.3 is 10.1 Å². The number of ether oxygens (including phenoxy) is 1. The summed E-state index contributed by atoms with van der Waals surface area (Å²) in [6.07, 6.45) is 1.01. The van der Waals surface area contributed by atoms with E-state index < -0.39 is 0 Å². The summed E-state index contributed by atoms with van der Waals surface area (Å²) in [4.78, 5) is 11.7. The van der Waals surface area contributed by atoms with Crippen molar-refractivity contribution in [2.75, 3.05) is 12.4 Å². The summed E-state index contributed by atoms with van der Waals surface area (Å²) >= 11 is 5.97. The highest BCUT2D eigenvalue weighted by Gasteiger charge is 2.33. The number of nitrogens with zero attached hydrogens (tertiary/aromatic N) is 2. The largest absolute Gasteiger partial charge is 0.495 e. The molecule has 0 aromatic heterocycles. The molecule has 1 amide bonds. The minimum Gasteiger partial charge on any atom is -0.495 e. The highest BCUT2D eigenvalue weighted by molar-refractivity contribution is 6.32. The standard InChI is InChI=1S/C12H14ClN3O2/c1-12(15-16-12)6-5-11(17)14-8-3-4-10(18-2)9(13)7-8/h3-4,7H,5-6H2,1-2H3,(H,14,17). The van der Waals surface area contributed by atoms with E-state index >= 15 is 0 Å². The number of carbonyl (C=O) groups is 1. The van der Waals surface area contributed by atoms with Crippen LogP contribution in [-0.4, -0.2) is 18.7 Å². The Hall–Kier alpha value is -1.62. The molecular formula is C12H14ClN3O2. The maximum atomic E-state index is 11.7. The molecule has 1 aliphatic rings. The average molecular weight is 268 g/mol. The summed E-state index contributed by atoms with van der Waals surface area (Å²) in [5.41, 5.74) is 0.315. The van der Waals surface area contributed by atoms with E-state index in [0.29, 0.717) is 29.3 Å². The number of rotatable bonds is 5. The number of halogens is 1. The van der Waals surface area contributed by atoms with Crippen molar-refractivity contribution in [3.05, 3.63) is 23.2 Å². The normalized spacial score (nSPS) is 15.3. The SMILES string of the molecule is COc1ccc(NC(=O)CCC2(C)N=N2)cc1Cl. The fourth-order valence-corrected chi connectivity index (χ4v) is 1.76. The summed E-state index contributed by atoms with van der Waals surface area (Å²) in [7, 11) is 1.54. The maximum absolute atomic E-state index is 11.7. The molecule has 5 nitrogen and oxygen atoms in total. The Morgan fingerprint density at radius 1 is 1.50 bits per heavy atom. The highest BCUT2D eigenvalue weighted by Crippen LogP contribution is 2.32. The molecule has 1 N–H and O–H groups in total. The molecule has 0 fully saturated rings. The van der Waals surface area contributed by atoms with Crippen LogP contribution in [0.5, 0.6) is 5.75 Å². The van der Waals surface area contributed by atoms with Gasteiger partial charge >= 0.3 is 0 Å². The lowest BCUT2D eigenvalue weighted by atomic mass is 10.1. The van der Waals surface area contributed by atoms with Gasteiger partial charge in [-0.05, 0) is 25.1 Å². The summed E-state index contributed by atoms with van der Waals surface area (Å²) in [5, 5.41) is 11.0. The van der Waals surface area contributed by atoms with E-state index in [-0.39, 0.29) is 11.6 Å². The molecule has 0 atom stereocenters. The quantitative estimate of drug-likeness (QED) is 0.890. The zero-order valence-electron chi connectivity index (χ0n) is 10.2. The van der Waals surface area contributed by atoms with Gasteiger partial charge in [0, 0.05) is 18.5 Å². The van der Waals surface area contributed by atoms with Gasteiger partial charge in [0.2, 0.25) is 5.91 Å². The first kappa shape index (κ1) is 12.8. The van der Waals surface area contributed by atoms with Gasteiger partial charge in [0.15, 0.2) is 5.66 Å². The fourth-order valence-electron chi connectivity index (χ4n) is 1.50. The first-order valence-electron chi connectivity index (χ1n) is 5.60. The number of hydrogen-bond donors (Lipinski definition) is 1. The summed E-state index contributed by atoms with van der Waals surface area (Å²) < 4.78 is 5.04. The Labute approximate surface area is 110 Å². The van der Waals surface area contributed by atoms with Crippen molar-refractivity contribution in [1.29, 1.82) is 0 Å². The van der Waals surface area contributed by atoms with Gasteiger partial charge in [-0.3, -0.25) is 4.79 Å². The molecule has 0 aliphatic carbocycles. The van der Waals surface area contributed by atoms with Crippen molar-refractivity contribution in [3.8, 4) is 5.75 Å². The number of amides is 1. The van der Waals surface area contributed by atoms with Crippen molar-refractivity contribution in [3.63, 3.8) is 0 Å². The van der Waals surface area contributed by atoms with Crippen LogP contribution in [0.1, 0.15) is 19.8 Å². The number of benzene rings is 1. The van der Waals surface area contributed by atoms with Gasteiger partial charge in [-0.2, -0.15) is 10.2 Å². The van der Waals surface area contributed by atoms with Crippen LogP contribution in [0.25, 0.3) is 0 Å². The third-order valence-corrected chi connectivity index (χ3v) is 3.00. The van der Waals surface area contributed by atoms with E-state index in [2.05, 4.69) is 15.5 Å². The van der Waals surface area contributed by atoms with Crippen molar-refractivity contribution in [2.24, 2.45) is 10.2 Å². The predicted octanol–water partition coefficient (Wildman–Crippen LogP) is 3.25. The topological polar surface area (TPSA) is 63.0 Å². The number of anilines is 1. The van der Waals surface area contributed by atoms with Gasteiger partial charge in [0.25, 0.3) is 0 Å². The molecule has 0 saturated carbocycles. The van der Waals surface area contributed by atoms with E-state index in [0.717, 1.165) is 0 Å². The van der Waals surface area contributed by atoms with E-state index in [4.69, 9.17) is 16.3 Å². The van der Waals surface area contributed by atoms with Crippen LogP contribution in [0.2, 0.25) is 5.02 Å². The van der Waals surface area contributed by atoms with Crippen LogP contribution in [0.4, 0.5) is 5.69 Å². The first-order valence-corrected chi connectivity index (χ1v) is 5.98. The van der Waals surface area contributed by atoms with Crippen molar-refractivity contribution >= 4 is 23.2 Å². The van der Waals surface area contributed by atoms with Gasteiger partial charge in [-0.1, -0.05) is 11.6 Å². The Kier molecular flexibility index (Phi) is 3.52. The molecule has 18 heavy (non-hydrogen) atoms. The summed E-state index contributed by atoms with van der Waals surface area (Å²) in [6.45, 7) is 1.89. The lowest BCUT2D eigenvalue weighted by molar-refractivity contribution is -0.116.